The Morgan fingerprint density at radius 2 is 1.90 bits per heavy atom. The van der Waals surface area contributed by atoms with Gasteiger partial charge in [-0.2, -0.15) is 0 Å². The van der Waals surface area contributed by atoms with Crippen LogP contribution >= 0.6 is 23.2 Å². The van der Waals surface area contributed by atoms with E-state index in [4.69, 9.17) is 23.2 Å². The fourth-order valence-electron chi connectivity index (χ4n) is 2.39. The van der Waals surface area contributed by atoms with Gasteiger partial charge in [0, 0.05) is 16.5 Å². The zero-order chi connectivity index (χ0) is 14.1. The first kappa shape index (κ1) is 13.5. The molecule has 1 heterocycles. The van der Waals surface area contributed by atoms with Crippen LogP contribution in [0.15, 0.2) is 42.5 Å². The number of hydrogen-bond donors (Lipinski definition) is 0. The van der Waals surface area contributed by atoms with Crippen LogP contribution in [-0.4, -0.2) is 9.55 Å². The number of hydrogen-bond acceptors (Lipinski definition) is 1. The molecule has 0 saturated carbocycles. The summed E-state index contributed by atoms with van der Waals surface area (Å²) in [5, 5.41) is 1.35. The van der Waals surface area contributed by atoms with E-state index < -0.39 is 0 Å². The van der Waals surface area contributed by atoms with E-state index in [1.807, 2.05) is 30.3 Å². The van der Waals surface area contributed by atoms with Crippen molar-refractivity contribution in [1.82, 2.24) is 9.55 Å². The Hall–Kier alpha value is -1.51. The largest absolute Gasteiger partial charge is 0.323 e. The zero-order valence-electron chi connectivity index (χ0n) is 11.1. The summed E-state index contributed by atoms with van der Waals surface area (Å²) in [4.78, 5) is 4.67. The molecule has 0 aliphatic rings. The topological polar surface area (TPSA) is 17.8 Å². The van der Waals surface area contributed by atoms with Crippen molar-refractivity contribution in [3.8, 4) is 0 Å². The Balaban J connectivity index is 2.09. The van der Waals surface area contributed by atoms with Gasteiger partial charge in [0.25, 0.3) is 0 Å². The van der Waals surface area contributed by atoms with Crippen LogP contribution in [0.25, 0.3) is 11.0 Å². The average molecular weight is 305 g/mol. The van der Waals surface area contributed by atoms with Crippen molar-refractivity contribution in [3.05, 3.63) is 63.9 Å². The van der Waals surface area contributed by atoms with Gasteiger partial charge in [-0.3, -0.25) is 0 Å². The maximum Gasteiger partial charge on any atom is 0.109 e. The Bertz CT molecular complexity index is 762. The van der Waals surface area contributed by atoms with E-state index >= 15 is 0 Å². The van der Waals surface area contributed by atoms with Gasteiger partial charge in [0.05, 0.1) is 17.6 Å². The molecule has 0 atom stereocenters. The predicted molar refractivity (Wildman–Crippen MR) is 84.7 cm³/mol. The standard InChI is InChI=1S/C16H14Cl2N2/c1-2-16-19-14-5-3-4-6-15(14)20(16)10-11-7-8-12(17)9-13(11)18/h3-9H,2,10H2,1H3. The summed E-state index contributed by atoms with van der Waals surface area (Å²) in [7, 11) is 0. The Morgan fingerprint density at radius 3 is 2.65 bits per heavy atom. The molecule has 0 radical (unpaired) electrons. The highest BCUT2D eigenvalue weighted by atomic mass is 35.5. The van der Waals surface area contributed by atoms with Crippen LogP contribution in [0.2, 0.25) is 10.0 Å². The quantitative estimate of drug-likeness (QED) is 0.669. The molecule has 1 aromatic heterocycles. The van der Waals surface area contributed by atoms with Crippen molar-refractivity contribution >= 4 is 34.2 Å². The van der Waals surface area contributed by atoms with Crippen molar-refractivity contribution in [2.45, 2.75) is 19.9 Å². The third-order valence-electron chi connectivity index (χ3n) is 3.39. The van der Waals surface area contributed by atoms with Crippen molar-refractivity contribution in [3.63, 3.8) is 0 Å². The van der Waals surface area contributed by atoms with Gasteiger partial charge in [0.2, 0.25) is 0 Å². The number of imidazole rings is 1. The van der Waals surface area contributed by atoms with Gasteiger partial charge < -0.3 is 4.57 Å². The maximum absolute atomic E-state index is 6.27. The summed E-state index contributed by atoms with van der Waals surface area (Å²) in [6, 6.07) is 13.8. The molecule has 0 N–H and O–H groups in total. The van der Waals surface area contributed by atoms with Gasteiger partial charge in [-0.1, -0.05) is 48.3 Å². The van der Waals surface area contributed by atoms with Crippen molar-refractivity contribution in [1.29, 1.82) is 0 Å². The molecule has 0 unspecified atom stereocenters. The Labute approximate surface area is 128 Å². The molecule has 3 aromatic rings. The minimum absolute atomic E-state index is 0.657. The summed E-state index contributed by atoms with van der Waals surface area (Å²) in [5.74, 6) is 1.07. The highest BCUT2D eigenvalue weighted by molar-refractivity contribution is 6.35. The molecule has 0 bridgehead atoms. The number of nitrogens with zero attached hydrogens (tertiary/aromatic N) is 2. The highest BCUT2D eigenvalue weighted by Crippen LogP contribution is 2.24. The van der Waals surface area contributed by atoms with Gasteiger partial charge in [-0.05, 0) is 29.8 Å². The fraction of sp³-hybridized carbons (Fsp3) is 0.188. The zero-order valence-corrected chi connectivity index (χ0v) is 12.6. The van der Waals surface area contributed by atoms with Crippen LogP contribution in [-0.2, 0) is 13.0 Å². The van der Waals surface area contributed by atoms with E-state index in [0.717, 1.165) is 28.8 Å². The highest BCUT2D eigenvalue weighted by Gasteiger charge is 2.10. The van der Waals surface area contributed by atoms with Gasteiger partial charge in [0.15, 0.2) is 0 Å². The van der Waals surface area contributed by atoms with Crippen molar-refractivity contribution in [2.75, 3.05) is 0 Å². The molecular formula is C16H14Cl2N2. The molecule has 0 spiro atoms. The third kappa shape index (κ3) is 2.41. The summed E-state index contributed by atoms with van der Waals surface area (Å²) in [5.41, 5.74) is 3.21. The molecule has 3 rings (SSSR count). The summed E-state index contributed by atoms with van der Waals surface area (Å²) >= 11 is 12.2. The Morgan fingerprint density at radius 1 is 1.10 bits per heavy atom. The molecule has 0 fully saturated rings. The second-order valence-corrected chi connectivity index (χ2v) is 5.54. The minimum atomic E-state index is 0.657. The fourth-order valence-corrected chi connectivity index (χ4v) is 2.86. The van der Waals surface area contributed by atoms with E-state index in [9.17, 15) is 0 Å². The molecule has 0 saturated heterocycles. The normalized spacial score (nSPS) is 11.2. The van der Waals surface area contributed by atoms with Gasteiger partial charge >= 0.3 is 0 Å². The molecule has 0 aliphatic heterocycles. The number of aryl methyl sites for hydroxylation is 1. The monoisotopic (exact) mass is 304 g/mol. The summed E-state index contributed by atoms with van der Waals surface area (Å²) < 4.78 is 2.21. The summed E-state index contributed by atoms with van der Waals surface area (Å²) in [6.07, 6.45) is 0.889. The van der Waals surface area contributed by atoms with Crippen LogP contribution in [0.3, 0.4) is 0 Å². The smallest absolute Gasteiger partial charge is 0.109 e. The van der Waals surface area contributed by atoms with E-state index in [1.165, 1.54) is 0 Å². The SMILES string of the molecule is CCc1nc2ccccc2n1Cc1ccc(Cl)cc1Cl. The molecular weight excluding hydrogens is 291 g/mol. The number of halogens is 2. The minimum Gasteiger partial charge on any atom is -0.323 e. The predicted octanol–water partition coefficient (Wildman–Crippen LogP) is 4.95. The van der Waals surface area contributed by atoms with Crippen molar-refractivity contribution < 1.29 is 0 Å². The second kappa shape index (κ2) is 5.47. The first-order valence-corrected chi connectivity index (χ1v) is 7.32. The summed E-state index contributed by atoms with van der Waals surface area (Å²) in [6.45, 7) is 2.82. The molecule has 0 aliphatic carbocycles. The molecule has 2 aromatic carbocycles. The number of benzene rings is 2. The van der Waals surface area contributed by atoms with Gasteiger partial charge in [-0.15, -0.1) is 0 Å². The van der Waals surface area contributed by atoms with Crippen molar-refractivity contribution in [2.24, 2.45) is 0 Å². The van der Waals surface area contributed by atoms with E-state index in [-0.39, 0.29) is 0 Å². The van der Waals surface area contributed by atoms with E-state index in [1.54, 1.807) is 6.07 Å². The second-order valence-electron chi connectivity index (χ2n) is 4.69. The molecule has 2 nitrogen and oxygen atoms in total. The lowest BCUT2D eigenvalue weighted by Gasteiger charge is -2.10. The van der Waals surface area contributed by atoms with Crippen LogP contribution in [0.5, 0.6) is 0 Å². The average Bonchev–Trinajstić information content (AvgIpc) is 2.80. The molecule has 102 valence electrons. The Kier molecular flexibility index (Phi) is 3.68. The number of fused-ring (bicyclic) bond motifs is 1. The first-order chi connectivity index (χ1) is 9.69. The first-order valence-electron chi connectivity index (χ1n) is 6.57. The van der Waals surface area contributed by atoms with Gasteiger partial charge in [0.1, 0.15) is 5.82 Å². The van der Waals surface area contributed by atoms with Crippen LogP contribution in [0.1, 0.15) is 18.3 Å². The maximum atomic E-state index is 6.27. The number of aromatic nitrogens is 2. The number of rotatable bonds is 3. The van der Waals surface area contributed by atoms with E-state index in [2.05, 4.69) is 22.5 Å². The molecule has 20 heavy (non-hydrogen) atoms. The van der Waals surface area contributed by atoms with Crippen LogP contribution in [0.4, 0.5) is 0 Å². The lowest BCUT2D eigenvalue weighted by molar-refractivity contribution is 0.753. The van der Waals surface area contributed by atoms with Crippen LogP contribution in [0, 0.1) is 0 Å². The third-order valence-corrected chi connectivity index (χ3v) is 3.98. The lowest BCUT2D eigenvalue weighted by Crippen LogP contribution is -2.04. The van der Waals surface area contributed by atoms with E-state index in [0.29, 0.717) is 16.6 Å². The van der Waals surface area contributed by atoms with Crippen LogP contribution < -0.4 is 0 Å². The van der Waals surface area contributed by atoms with Gasteiger partial charge in [-0.25, -0.2) is 4.98 Å². The number of para-hydroxylation sites is 2. The molecule has 0 amide bonds. The lowest BCUT2D eigenvalue weighted by atomic mass is 10.2. The molecule has 4 heteroatoms.